The van der Waals surface area contributed by atoms with Crippen LogP contribution in [-0.2, 0) is 14.8 Å². The second-order valence-corrected chi connectivity index (χ2v) is 9.16. The summed E-state index contributed by atoms with van der Waals surface area (Å²) in [6.45, 7) is 0. The Balaban J connectivity index is 1.57. The van der Waals surface area contributed by atoms with E-state index in [4.69, 9.17) is 5.26 Å². The van der Waals surface area contributed by atoms with Gasteiger partial charge in [-0.3, -0.25) is 9.52 Å². The number of nitrogens with one attached hydrogen (secondary N) is 3. The number of sulfonamides is 1. The van der Waals surface area contributed by atoms with Gasteiger partial charge in [-0.05, 0) is 54.7 Å². The maximum Gasteiger partial charge on any atom is 0.232 e. The SMILES string of the molecule is N#CCCCS(=O)(=O)Nc1ccc(-c2cc(NC(=O)C3CC3)nc3[nH]ccc23)cc1. The largest absolute Gasteiger partial charge is 0.346 e. The molecule has 8 nitrogen and oxygen atoms in total. The molecule has 2 heterocycles. The first-order chi connectivity index (χ1) is 14.4. The number of unbranched alkanes of at least 4 members (excludes halogenated alkanes) is 1. The van der Waals surface area contributed by atoms with E-state index in [2.05, 4.69) is 20.0 Å². The molecule has 2 aromatic heterocycles. The van der Waals surface area contributed by atoms with Crippen molar-refractivity contribution in [1.82, 2.24) is 9.97 Å². The van der Waals surface area contributed by atoms with Crippen molar-refractivity contribution in [3.8, 4) is 17.2 Å². The van der Waals surface area contributed by atoms with Crippen LogP contribution in [0.5, 0.6) is 0 Å². The quantitative estimate of drug-likeness (QED) is 0.477. The zero-order valence-corrected chi connectivity index (χ0v) is 17.0. The van der Waals surface area contributed by atoms with Crippen LogP contribution in [0.2, 0.25) is 0 Å². The summed E-state index contributed by atoms with van der Waals surface area (Å²) >= 11 is 0. The maximum atomic E-state index is 12.1. The van der Waals surface area contributed by atoms with E-state index >= 15 is 0 Å². The molecule has 9 heteroatoms. The summed E-state index contributed by atoms with van der Waals surface area (Å²) in [5.41, 5.74) is 2.88. The van der Waals surface area contributed by atoms with Crippen molar-refractivity contribution >= 4 is 38.5 Å². The molecule has 30 heavy (non-hydrogen) atoms. The van der Waals surface area contributed by atoms with Gasteiger partial charge in [-0.15, -0.1) is 0 Å². The fourth-order valence-corrected chi connectivity index (χ4v) is 4.33. The first-order valence-electron chi connectivity index (χ1n) is 9.72. The predicted molar refractivity (Wildman–Crippen MR) is 115 cm³/mol. The number of nitriles is 1. The highest BCUT2D eigenvalue weighted by molar-refractivity contribution is 7.92. The number of benzene rings is 1. The second kappa shape index (κ2) is 8.16. The Labute approximate surface area is 174 Å². The Kier molecular flexibility index (Phi) is 5.42. The molecule has 0 radical (unpaired) electrons. The number of carbonyl (C=O) groups excluding carboxylic acids is 1. The molecule has 0 saturated heterocycles. The number of fused-ring (bicyclic) bond motifs is 1. The molecule has 1 aromatic carbocycles. The van der Waals surface area contributed by atoms with Gasteiger partial charge in [0, 0.05) is 29.6 Å². The van der Waals surface area contributed by atoms with Crippen molar-refractivity contribution < 1.29 is 13.2 Å². The van der Waals surface area contributed by atoms with Gasteiger partial charge in [-0.1, -0.05) is 12.1 Å². The molecule has 154 valence electrons. The van der Waals surface area contributed by atoms with Crippen molar-refractivity contribution in [3.05, 3.63) is 42.6 Å². The third-order valence-corrected chi connectivity index (χ3v) is 6.27. The third kappa shape index (κ3) is 4.60. The summed E-state index contributed by atoms with van der Waals surface area (Å²) in [6.07, 6.45) is 4.11. The van der Waals surface area contributed by atoms with Gasteiger partial charge in [-0.2, -0.15) is 5.26 Å². The van der Waals surface area contributed by atoms with Crippen LogP contribution >= 0.6 is 0 Å². The van der Waals surface area contributed by atoms with Crippen LogP contribution in [0.15, 0.2) is 42.6 Å². The zero-order valence-electron chi connectivity index (χ0n) is 16.2. The van der Waals surface area contributed by atoms with Gasteiger partial charge in [0.15, 0.2) is 0 Å². The topological polar surface area (TPSA) is 128 Å². The van der Waals surface area contributed by atoms with Gasteiger partial charge in [0.2, 0.25) is 15.9 Å². The highest BCUT2D eigenvalue weighted by atomic mass is 32.2. The lowest BCUT2D eigenvalue weighted by Gasteiger charge is -2.11. The van der Waals surface area contributed by atoms with Crippen LogP contribution in [0.1, 0.15) is 25.7 Å². The molecule has 0 unspecified atom stereocenters. The highest BCUT2D eigenvalue weighted by Gasteiger charge is 2.30. The minimum atomic E-state index is -3.50. The van der Waals surface area contributed by atoms with Crippen LogP contribution in [0.4, 0.5) is 11.5 Å². The first-order valence-corrected chi connectivity index (χ1v) is 11.4. The van der Waals surface area contributed by atoms with Gasteiger partial charge in [-0.25, -0.2) is 13.4 Å². The maximum absolute atomic E-state index is 12.1. The number of carbonyl (C=O) groups is 1. The van der Waals surface area contributed by atoms with Crippen LogP contribution in [0.3, 0.4) is 0 Å². The monoisotopic (exact) mass is 423 g/mol. The number of hydrogen-bond donors (Lipinski definition) is 3. The van der Waals surface area contributed by atoms with E-state index < -0.39 is 10.0 Å². The Morgan fingerprint density at radius 3 is 2.70 bits per heavy atom. The second-order valence-electron chi connectivity index (χ2n) is 7.32. The fourth-order valence-electron chi connectivity index (χ4n) is 3.20. The standard InChI is InChI=1S/C21H21N5O3S/c22-10-1-2-12-30(28,29)26-16-7-5-14(6-8-16)18-13-19(25-21(27)15-3-4-15)24-20-17(18)9-11-23-20/h5-9,11,13,15,26H,1-4,12H2,(H2,23,24,25,27). The average molecular weight is 423 g/mol. The summed E-state index contributed by atoms with van der Waals surface area (Å²) in [7, 11) is -3.50. The minimum Gasteiger partial charge on any atom is -0.346 e. The van der Waals surface area contributed by atoms with E-state index in [1.165, 1.54) is 0 Å². The summed E-state index contributed by atoms with van der Waals surface area (Å²) < 4.78 is 26.7. The summed E-state index contributed by atoms with van der Waals surface area (Å²) in [6, 6.07) is 12.7. The molecule has 1 saturated carbocycles. The molecular formula is C21H21N5O3S. The normalized spacial score (nSPS) is 13.7. The summed E-state index contributed by atoms with van der Waals surface area (Å²) in [5, 5.41) is 12.3. The number of hydrogen-bond acceptors (Lipinski definition) is 5. The Morgan fingerprint density at radius 2 is 2.00 bits per heavy atom. The Hall–Kier alpha value is -3.38. The minimum absolute atomic E-state index is 0.0134. The van der Waals surface area contributed by atoms with E-state index in [0.29, 0.717) is 23.6 Å². The highest BCUT2D eigenvalue weighted by Crippen LogP contribution is 2.33. The molecule has 0 atom stereocenters. The van der Waals surface area contributed by atoms with Crippen molar-refractivity contribution in [2.75, 3.05) is 15.8 Å². The molecule has 1 aliphatic carbocycles. The van der Waals surface area contributed by atoms with E-state index in [0.717, 1.165) is 29.4 Å². The van der Waals surface area contributed by atoms with Crippen molar-refractivity contribution in [1.29, 1.82) is 5.26 Å². The fraction of sp³-hybridized carbons (Fsp3) is 0.286. The van der Waals surface area contributed by atoms with Gasteiger partial charge in [0.1, 0.15) is 11.5 Å². The molecule has 1 aliphatic rings. The lowest BCUT2D eigenvalue weighted by molar-refractivity contribution is -0.117. The van der Waals surface area contributed by atoms with Crippen LogP contribution < -0.4 is 10.0 Å². The molecule has 1 fully saturated rings. The molecule has 1 amide bonds. The average Bonchev–Trinajstić information content (AvgIpc) is 3.46. The predicted octanol–water partition coefficient (Wildman–Crippen LogP) is 3.62. The van der Waals surface area contributed by atoms with E-state index in [-0.39, 0.29) is 24.0 Å². The van der Waals surface area contributed by atoms with Gasteiger partial charge >= 0.3 is 0 Å². The molecular weight excluding hydrogens is 402 g/mol. The number of H-pyrrole nitrogens is 1. The van der Waals surface area contributed by atoms with Crippen molar-refractivity contribution in [2.24, 2.45) is 5.92 Å². The number of pyridine rings is 1. The number of rotatable bonds is 8. The number of aromatic amines is 1. The first kappa shape index (κ1) is 19.9. The van der Waals surface area contributed by atoms with E-state index in [1.54, 1.807) is 18.3 Å². The Morgan fingerprint density at radius 1 is 1.23 bits per heavy atom. The van der Waals surface area contributed by atoms with Crippen LogP contribution in [-0.4, -0.2) is 30.0 Å². The molecule has 0 aliphatic heterocycles. The number of amides is 1. The van der Waals surface area contributed by atoms with Crippen LogP contribution in [0, 0.1) is 17.2 Å². The third-order valence-electron chi connectivity index (χ3n) is 4.90. The molecule has 0 bridgehead atoms. The van der Waals surface area contributed by atoms with Gasteiger partial charge < -0.3 is 10.3 Å². The van der Waals surface area contributed by atoms with Crippen molar-refractivity contribution in [2.45, 2.75) is 25.7 Å². The molecule has 3 N–H and O–H groups in total. The zero-order chi connectivity index (χ0) is 21.1. The summed E-state index contributed by atoms with van der Waals surface area (Å²) in [4.78, 5) is 19.7. The summed E-state index contributed by atoms with van der Waals surface area (Å²) in [5.74, 6) is 0.454. The molecule has 3 aromatic rings. The molecule has 0 spiro atoms. The smallest absolute Gasteiger partial charge is 0.232 e. The number of anilines is 2. The van der Waals surface area contributed by atoms with E-state index in [9.17, 15) is 13.2 Å². The van der Waals surface area contributed by atoms with Gasteiger partial charge in [0.05, 0.1) is 11.8 Å². The molecule has 4 rings (SSSR count). The van der Waals surface area contributed by atoms with Crippen LogP contribution in [0.25, 0.3) is 22.2 Å². The number of aromatic nitrogens is 2. The van der Waals surface area contributed by atoms with Crippen molar-refractivity contribution in [3.63, 3.8) is 0 Å². The van der Waals surface area contributed by atoms with Gasteiger partial charge in [0.25, 0.3) is 0 Å². The number of nitrogens with zero attached hydrogens (tertiary/aromatic N) is 2. The van der Waals surface area contributed by atoms with E-state index in [1.807, 2.05) is 30.3 Å². The lowest BCUT2D eigenvalue weighted by Crippen LogP contribution is -2.16. The Bertz CT molecular complexity index is 1220. The lowest BCUT2D eigenvalue weighted by atomic mass is 10.0.